The van der Waals surface area contributed by atoms with Crippen LogP contribution in [0.2, 0.25) is 0 Å². The fourth-order valence-corrected chi connectivity index (χ4v) is 3.76. The molecule has 0 unspecified atom stereocenters. The standard InChI is InChI=1S/C21H18F5N7O2S/c1-33(36(2,34)35)13-7-4-3-6-11(13)27-12-10-16(30-19-17(12)31-20(32-19)18(22)23)29-15-9-5-8-14(28-15)21(24,25)26/h3-10,18H,1-2H3,(H3,27,28,29,30,31,32). The molecule has 0 saturated heterocycles. The number of imidazole rings is 1. The number of sulfonamides is 1. The second-order valence-electron chi connectivity index (χ2n) is 7.58. The average Bonchev–Trinajstić information content (AvgIpc) is 3.23. The molecule has 0 fully saturated rings. The minimum atomic E-state index is -4.67. The van der Waals surface area contributed by atoms with Gasteiger partial charge in [0, 0.05) is 13.1 Å². The molecule has 3 aromatic heterocycles. The van der Waals surface area contributed by atoms with E-state index in [4.69, 9.17) is 0 Å². The van der Waals surface area contributed by atoms with Crippen LogP contribution < -0.4 is 14.9 Å². The van der Waals surface area contributed by atoms with Gasteiger partial charge >= 0.3 is 6.18 Å². The Morgan fingerprint density at radius 2 is 1.67 bits per heavy atom. The normalized spacial score (nSPS) is 12.2. The first-order chi connectivity index (χ1) is 16.8. The van der Waals surface area contributed by atoms with Gasteiger partial charge in [-0.2, -0.15) is 13.2 Å². The van der Waals surface area contributed by atoms with Gasteiger partial charge in [0.05, 0.1) is 23.3 Å². The molecule has 0 saturated carbocycles. The van der Waals surface area contributed by atoms with Crippen molar-refractivity contribution < 1.29 is 30.4 Å². The monoisotopic (exact) mass is 527 g/mol. The van der Waals surface area contributed by atoms with E-state index in [2.05, 4.69) is 30.6 Å². The Bertz CT molecular complexity index is 1520. The summed E-state index contributed by atoms with van der Waals surface area (Å²) in [4.78, 5) is 13.9. The average molecular weight is 527 g/mol. The number of halogens is 5. The van der Waals surface area contributed by atoms with Crippen LogP contribution in [0.5, 0.6) is 0 Å². The highest BCUT2D eigenvalue weighted by Crippen LogP contribution is 2.34. The van der Waals surface area contributed by atoms with Gasteiger partial charge in [-0.05, 0) is 24.3 Å². The summed E-state index contributed by atoms with van der Waals surface area (Å²) < 4.78 is 90.9. The van der Waals surface area contributed by atoms with Crippen molar-refractivity contribution in [1.29, 1.82) is 0 Å². The topological polar surface area (TPSA) is 116 Å². The first-order valence-corrected chi connectivity index (χ1v) is 12.0. The van der Waals surface area contributed by atoms with Crippen molar-refractivity contribution in [2.75, 3.05) is 28.2 Å². The van der Waals surface area contributed by atoms with E-state index >= 15 is 0 Å². The molecule has 0 aliphatic carbocycles. The van der Waals surface area contributed by atoms with Gasteiger partial charge in [0.25, 0.3) is 6.43 Å². The Hall–Kier alpha value is -4.01. The van der Waals surface area contributed by atoms with Crippen LogP contribution in [-0.4, -0.2) is 41.7 Å². The number of alkyl halides is 5. The lowest BCUT2D eigenvalue weighted by Gasteiger charge is -2.21. The molecule has 0 aliphatic rings. The van der Waals surface area contributed by atoms with Gasteiger partial charge in [0.15, 0.2) is 11.5 Å². The summed E-state index contributed by atoms with van der Waals surface area (Å²) in [5, 5.41) is 5.60. The number of benzene rings is 1. The van der Waals surface area contributed by atoms with Crippen LogP contribution in [0.4, 0.5) is 50.6 Å². The van der Waals surface area contributed by atoms with E-state index in [1.165, 1.54) is 25.2 Å². The van der Waals surface area contributed by atoms with E-state index in [1.807, 2.05) is 0 Å². The Morgan fingerprint density at radius 1 is 0.944 bits per heavy atom. The fraction of sp³-hybridized carbons (Fsp3) is 0.190. The molecule has 0 radical (unpaired) electrons. The third-order valence-electron chi connectivity index (χ3n) is 4.98. The van der Waals surface area contributed by atoms with E-state index < -0.39 is 34.1 Å². The molecule has 0 spiro atoms. The smallest absolute Gasteiger partial charge is 0.352 e. The fourth-order valence-electron chi connectivity index (χ4n) is 3.24. The zero-order valence-corrected chi connectivity index (χ0v) is 19.4. The van der Waals surface area contributed by atoms with E-state index in [0.29, 0.717) is 5.69 Å². The summed E-state index contributed by atoms with van der Waals surface area (Å²) in [6, 6.07) is 10.9. The Balaban J connectivity index is 1.80. The summed E-state index contributed by atoms with van der Waals surface area (Å²) in [6.07, 6.45) is -6.61. The lowest BCUT2D eigenvalue weighted by molar-refractivity contribution is -0.141. The van der Waals surface area contributed by atoms with E-state index in [9.17, 15) is 30.4 Å². The second kappa shape index (κ2) is 9.22. The number of fused-ring (bicyclic) bond motifs is 1. The Morgan fingerprint density at radius 3 is 2.33 bits per heavy atom. The van der Waals surface area contributed by atoms with Crippen LogP contribution in [0, 0.1) is 0 Å². The molecule has 0 bridgehead atoms. The summed E-state index contributed by atoms with van der Waals surface area (Å²) in [7, 11) is -2.30. The maximum absolute atomic E-state index is 13.3. The summed E-state index contributed by atoms with van der Waals surface area (Å²) in [5.74, 6) is -0.889. The Labute approximate surface area is 201 Å². The quantitative estimate of drug-likeness (QED) is 0.283. The minimum absolute atomic E-state index is 0.00432. The molecule has 3 N–H and O–H groups in total. The highest BCUT2D eigenvalue weighted by molar-refractivity contribution is 7.92. The van der Waals surface area contributed by atoms with Crippen molar-refractivity contribution in [2.45, 2.75) is 12.6 Å². The van der Waals surface area contributed by atoms with Gasteiger partial charge in [0.2, 0.25) is 10.0 Å². The maximum atomic E-state index is 13.3. The van der Waals surface area contributed by atoms with Gasteiger partial charge in [0.1, 0.15) is 22.8 Å². The predicted molar refractivity (Wildman–Crippen MR) is 124 cm³/mol. The molecular weight excluding hydrogens is 509 g/mol. The summed E-state index contributed by atoms with van der Waals surface area (Å²) >= 11 is 0. The summed E-state index contributed by atoms with van der Waals surface area (Å²) in [6.45, 7) is 0. The van der Waals surface area contributed by atoms with E-state index in [1.54, 1.807) is 18.2 Å². The van der Waals surface area contributed by atoms with Crippen molar-refractivity contribution >= 4 is 49.9 Å². The number of para-hydroxylation sites is 2. The van der Waals surface area contributed by atoms with E-state index in [0.717, 1.165) is 22.7 Å². The number of anilines is 5. The van der Waals surface area contributed by atoms with Gasteiger partial charge in [-0.15, -0.1) is 0 Å². The first kappa shape index (κ1) is 25.1. The molecule has 0 aliphatic heterocycles. The predicted octanol–water partition coefficient (Wildman–Crippen LogP) is 5.19. The molecule has 0 atom stereocenters. The zero-order valence-electron chi connectivity index (χ0n) is 18.6. The molecule has 4 rings (SSSR count). The van der Waals surface area contributed by atoms with Crippen LogP contribution in [0.1, 0.15) is 17.9 Å². The number of hydrogen-bond acceptors (Lipinski definition) is 7. The minimum Gasteiger partial charge on any atom is -0.352 e. The molecule has 15 heteroatoms. The SMILES string of the molecule is CN(c1ccccc1Nc1cc(Nc2cccc(C(F)(F)F)n2)nc2[nH]c(C(F)F)nc12)S(C)(=O)=O. The van der Waals surface area contributed by atoms with Crippen LogP contribution in [0.15, 0.2) is 48.5 Å². The van der Waals surface area contributed by atoms with Crippen LogP contribution >= 0.6 is 0 Å². The number of nitrogens with zero attached hydrogens (tertiary/aromatic N) is 4. The lowest BCUT2D eigenvalue weighted by Crippen LogP contribution is -2.25. The van der Waals surface area contributed by atoms with E-state index in [-0.39, 0.29) is 34.2 Å². The molecule has 36 heavy (non-hydrogen) atoms. The molecule has 0 amide bonds. The van der Waals surface area contributed by atoms with Gasteiger partial charge in [-0.25, -0.2) is 32.2 Å². The highest BCUT2D eigenvalue weighted by Gasteiger charge is 2.32. The molecule has 4 aromatic rings. The summed E-state index contributed by atoms with van der Waals surface area (Å²) in [5.41, 5.74) is -0.534. The van der Waals surface area contributed by atoms with Gasteiger partial charge in [-0.1, -0.05) is 18.2 Å². The van der Waals surface area contributed by atoms with Crippen molar-refractivity contribution in [1.82, 2.24) is 19.9 Å². The maximum Gasteiger partial charge on any atom is 0.433 e. The van der Waals surface area contributed by atoms with Crippen molar-refractivity contribution in [3.63, 3.8) is 0 Å². The van der Waals surface area contributed by atoms with Crippen molar-refractivity contribution in [3.05, 3.63) is 60.0 Å². The second-order valence-corrected chi connectivity index (χ2v) is 9.59. The zero-order chi connectivity index (χ0) is 26.3. The molecular formula is C21H18F5N7O2S. The molecule has 3 heterocycles. The number of nitrogens with one attached hydrogen (secondary N) is 3. The van der Waals surface area contributed by atoms with Crippen LogP contribution in [0.3, 0.4) is 0 Å². The highest BCUT2D eigenvalue weighted by atomic mass is 32.2. The largest absolute Gasteiger partial charge is 0.433 e. The van der Waals surface area contributed by atoms with Crippen molar-refractivity contribution in [3.8, 4) is 0 Å². The van der Waals surface area contributed by atoms with Crippen LogP contribution in [0.25, 0.3) is 11.2 Å². The first-order valence-electron chi connectivity index (χ1n) is 10.1. The van der Waals surface area contributed by atoms with Gasteiger partial charge < -0.3 is 15.6 Å². The number of rotatable bonds is 7. The van der Waals surface area contributed by atoms with Crippen LogP contribution in [-0.2, 0) is 16.2 Å². The third kappa shape index (κ3) is 5.30. The molecule has 9 nitrogen and oxygen atoms in total. The number of hydrogen-bond donors (Lipinski definition) is 3. The third-order valence-corrected chi connectivity index (χ3v) is 6.18. The number of aromatic nitrogens is 4. The Kier molecular flexibility index (Phi) is 6.43. The molecule has 190 valence electrons. The molecule has 1 aromatic carbocycles. The van der Waals surface area contributed by atoms with Crippen molar-refractivity contribution in [2.24, 2.45) is 0 Å². The number of aromatic amines is 1. The number of H-pyrrole nitrogens is 1. The van der Waals surface area contributed by atoms with Gasteiger partial charge in [-0.3, -0.25) is 4.31 Å². The lowest BCUT2D eigenvalue weighted by atomic mass is 10.2. The number of pyridine rings is 2.